The minimum atomic E-state index is -0.239. The van der Waals surface area contributed by atoms with E-state index in [-0.39, 0.29) is 17.9 Å². The van der Waals surface area contributed by atoms with Gasteiger partial charge >= 0.3 is 6.03 Å². The quantitative estimate of drug-likeness (QED) is 0.941. The van der Waals surface area contributed by atoms with Gasteiger partial charge < -0.3 is 10.2 Å². The lowest BCUT2D eigenvalue weighted by Gasteiger charge is -2.35. The Morgan fingerprint density at radius 2 is 2.00 bits per heavy atom. The molecule has 1 aromatic carbocycles. The Hall–Kier alpha value is -2.21. The number of hydrogen-bond donors (Lipinski definition) is 1. The fourth-order valence-electron chi connectivity index (χ4n) is 3.01. The van der Waals surface area contributed by atoms with Crippen LogP contribution in [-0.4, -0.2) is 53.0 Å². The third kappa shape index (κ3) is 3.64. The lowest BCUT2D eigenvalue weighted by atomic mass is 10.1. The predicted molar refractivity (Wildman–Crippen MR) is 92.2 cm³/mol. The van der Waals surface area contributed by atoms with Crippen LogP contribution in [0.2, 0.25) is 0 Å². The molecule has 1 N–H and O–H groups in total. The number of carbonyl (C=O) groups is 1. The van der Waals surface area contributed by atoms with Crippen molar-refractivity contribution < 1.29 is 9.18 Å². The first-order chi connectivity index (χ1) is 11.5. The minimum Gasteiger partial charge on any atom is -0.336 e. The molecule has 2 amide bonds. The van der Waals surface area contributed by atoms with Crippen molar-refractivity contribution in [2.75, 3.05) is 26.2 Å². The second-order valence-electron chi connectivity index (χ2n) is 6.47. The first-order valence-corrected chi connectivity index (χ1v) is 8.34. The summed E-state index contributed by atoms with van der Waals surface area (Å²) in [7, 11) is 0. The molecule has 3 rings (SSSR count). The zero-order valence-electron chi connectivity index (χ0n) is 14.1. The molecule has 1 aromatic heterocycles. The second-order valence-corrected chi connectivity index (χ2v) is 6.47. The van der Waals surface area contributed by atoms with Crippen molar-refractivity contribution in [3.8, 4) is 0 Å². The SMILES string of the molecule is CC(C)NC(=O)N1CCN(Cc2ccc(F)c3cccnc23)CC1. The molecule has 6 heteroatoms. The number of nitrogens with zero attached hydrogens (tertiary/aromatic N) is 3. The van der Waals surface area contributed by atoms with E-state index >= 15 is 0 Å². The number of rotatable bonds is 3. The maximum absolute atomic E-state index is 13.9. The average Bonchev–Trinajstić information content (AvgIpc) is 2.58. The van der Waals surface area contributed by atoms with E-state index in [1.807, 2.05) is 24.8 Å². The summed E-state index contributed by atoms with van der Waals surface area (Å²) in [6.07, 6.45) is 1.69. The highest BCUT2D eigenvalue weighted by Gasteiger charge is 2.22. The molecule has 2 aromatic rings. The van der Waals surface area contributed by atoms with Gasteiger partial charge in [0, 0.05) is 50.3 Å². The summed E-state index contributed by atoms with van der Waals surface area (Å²) in [5.41, 5.74) is 1.74. The third-order valence-corrected chi connectivity index (χ3v) is 4.27. The van der Waals surface area contributed by atoms with Gasteiger partial charge in [-0.3, -0.25) is 9.88 Å². The van der Waals surface area contributed by atoms with Crippen LogP contribution in [0.5, 0.6) is 0 Å². The smallest absolute Gasteiger partial charge is 0.317 e. The summed E-state index contributed by atoms with van der Waals surface area (Å²) in [5.74, 6) is -0.239. The van der Waals surface area contributed by atoms with Gasteiger partial charge in [0.15, 0.2) is 0 Å². The molecule has 1 saturated heterocycles. The monoisotopic (exact) mass is 330 g/mol. The molecule has 0 aliphatic carbocycles. The summed E-state index contributed by atoms with van der Waals surface area (Å²) < 4.78 is 13.9. The first-order valence-electron chi connectivity index (χ1n) is 8.34. The second kappa shape index (κ2) is 7.13. The molecular formula is C18H23FN4O. The third-order valence-electron chi connectivity index (χ3n) is 4.27. The van der Waals surface area contributed by atoms with Crippen molar-refractivity contribution >= 4 is 16.9 Å². The molecule has 24 heavy (non-hydrogen) atoms. The number of hydrogen-bond acceptors (Lipinski definition) is 3. The first kappa shape index (κ1) is 16.6. The molecule has 1 fully saturated rings. The Morgan fingerprint density at radius 1 is 1.25 bits per heavy atom. The number of urea groups is 1. The van der Waals surface area contributed by atoms with Crippen molar-refractivity contribution in [1.82, 2.24) is 20.1 Å². The zero-order valence-corrected chi connectivity index (χ0v) is 14.1. The van der Waals surface area contributed by atoms with Crippen LogP contribution in [0, 0.1) is 5.82 Å². The summed E-state index contributed by atoms with van der Waals surface area (Å²) in [6.45, 7) is 7.64. The fraction of sp³-hybridized carbons (Fsp3) is 0.444. The zero-order chi connectivity index (χ0) is 17.1. The number of fused-ring (bicyclic) bond motifs is 1. The number of pyridine rings is 1. The fourth-order valence-corrected chi connectivity index (χ4v) is 3.01. The normalized spacial score (nSPS) is 15.9. The molecule has 5 nitrogen and oxygen atoms in total. The van der Waals surface area contributed by atoms with E-state index in [4.69, 9.17) is 0 Å². The van der Waals surface area contributed by atoms with E-state index in [2.05, 4.69) is 15.2 Å². The Kier molecular flexibility index (Phi) is 4.94. The Labute approximate surface area is 141 Å². The summed E-state index contributed by atoms with van der Waals surface area (Å²) in [6, 6.07) is 6.97. The number of halogens is 1. The molecule has 1 aliphatic heterocycles. The molecule has 0 saturated carbocycles. The average molecular weight is 330 g/mol. The van der Waals surface area contributed by atoms with Gasteiger partial charge in [-0.05, 0) is 37.6 Å². The molecule has 0 radical (unpaired) electrons. The molecule has 128 valence electrons. The maximum atomic E-state index is 13.9. The van der Waals surface area contributed by atoms with Crippen LogP contribution >= 0.6 is 0 Å². The summed E-state index contributed by atoms with van der Waals surface area (Å²) >= 11 is 0. The molecule has 1 aliphatic rings. The molecule has 2 heterocycles. The van der Waals surface area contributed by atoms with Crippen LogP contribution in [-0.2, 0) is 6.54 Å². The Balaban J connectivity index is 1.65. The van der Waals surface area contributed by atoms with E-state index in [1.54, 1.807) is 18.3 Å². The largest absolute Gasteiger partial charge is 0.336 e. The van der Waals surface area contributed by atoms with Gasteiger partial charge in [0.2, 0.25) is 0 Å². The maximum Gasteiger partial charge on any atom is 0.317 e. The van der Waals surface area contributed by atoms with Gasteiger partial charge in [-0.2, -0.15) is 0 Å². The Bertz CT molecular complexity index is 726. The van der Waals surface area contributed by atoms with Gasteiger partial charge in [0.05, 0.1) is 5.52 Å². The number of piperazine rings is 1. The van der Waals surface area contributed by atoms with Gasteiger partial charge in [-0.25, -0.2) is 9.18 Å². The molecular weight excluding hydrogens is 307 g/mol. The van der Waals surface area contributed by atoms with Gasteiger partial charge in [0.1, 0.15) is 5.82 Å². The van der Waals surface area contributed by atoms with Crippen LogP contribution in [0.4, 0.5) is 9.18 Å². The van der Waals surface area contributed by atoms with Crippen molar-refractivity contribution in [3.63, 3.8) is 0 Å². The van der Waals surface area contributed by atoms with E-state index in [9.17, 15) is 9.18 Å². The minimum absolute atomic E-state index is 0.00134. The van der Waals surface area contributed by atoms with E-state index in [0.717, 1.165) is 24.2 Å². The molecule has 0 unspecified atom stereocenters. The van der Waals surface area contributed by atoms with E-state index in [0.29, 0.717) is 25.0 Å². The Morgan fingerprint density at radius 3 is 2.71 bits per heavy atom. The molecule has 0 atom stereocenters. The molecule has 0 bridgehead atoms. The number of nitrogens with one attached hydrogen (secondary N) is 1. The predicted octanol–water partition coefficient (Wildman–Crippen LogP) is 2.61. The van der Waals surface area contributed by atoms with Gasteiger partial charge in [-0.1, -0.05) is 6.07 Å². The standard InChI is InChI=1S/C18H23FN4O/c1-13(2)21-18(24)23-10-8-22(9-11-23)12-14-5-6-16(19)15-4-3-7-20-17(14)15/h3-7,13H,8-12H2,1-2H3,(H,21,24). The molecule has 0 spiro atoms. The number of carbonyl (C=O) groups excluding carboxylic acids is 1. The number of benzene rings is 1. The van der Waals surface area contributed by atoms with Gasteiger partial charge in [-0.15, -0.1) is 0 Å². The van der Waals surface area contributed by atoms with E-state index in [1.165, 1.54) is 6.07 Å². The number of amides is 2. The van der Waals surface area contributed by atoms with Crippen molar-refractivity contribution in [1.29, 1.82) is 0 Å². The van der Waals surface area contributed by atoms with Crippen LogP contribution in [0.15, 0.2) is 30.5 Å². The van der Waals surface area contributed by atoms with E-state index < -0.39 is 0 Å². The van der Waals surface area contributed by atoms with Crippen LogP contribution < -0.4 is 5.32 Å². The van der Waals surface area contributed by atoms with Crippen LogP contribution in [0.1, 0.15) is 19.4 Å². The highest BCUT2D eigenvalue weighted by atomic mass is 19.1. The topological polar surface area (TPSA) is 48.5 Å². The summed E-state index contributed by atoms with van der Waals surface area (Å²) in [5, 5.41) is 3.48. The van der Waals surface area contributed by atoms with Gasteiger partial charge in [0.25, 0.3) is 0 Å². The van der Waals surface area contributed by atoms with Crippen molar-refractivity contribution in [3.05, 3.63) is 41.8 Å². The van der Waals surface area contributed by atoms with Crippen LogP contribution in [0.3, 0.4) is 0 Å². The lowest BCUT2D eigenvalue weighted by Crippen LogP contribution is -2.52. The summed E-state index contributed by atoms with van der Waals surface area (Å²) in [4.78, 5) is 20.5. The van der Waals surface area contributed by atoms with Crippen LogP contribution in [0.25, 0.3) is 10.9 Å². The van der Waals surface area contributed by atoms with Crippen molar-refractivity contribution in [2.24, 2.45) is 0 Å². The lowest BCUT2D eigenvalue weighted by molar-refractivity contribution is 0.134. The van der Waals surface area contributed by atoms with Crippen molar-refractivity contribution in [2.45, 2.75) is 26.4 Å². The highest BCUT2D eigenvalue weighted by molar-refractivity contribution is 5.82. The highest BCUT2D eigenvalue weighted by Crippen LogP contribution is 2.21. The number of aromatic nitrogens is 1.